The molecule has 1 unspecified atom stereocenters. The van der Waals surface area contributed by atoms with E-state index in [4.69, 9.17) is 4.74 Å². The number of piperidine rings is 1. The Balaban J connectivity index is 1.54. The summed E-state index contributed by atoms with van der Waals surface area (Å²) in [7, 11) is 1.72. The van der Waals surface area contributed by atoms with Crippen LogP contribution in [0.25, 0.3) is 6.08 Å². The van der Waals surface area contributed by atoms with Crippen molar-refractivity contribution in [3.63, 3.8) is 0 Å². The van der Waals surface area contributed by atoms with Gasteiger partial charge in [-0.25, -0.2) is 0 Å². The lowest BCUT2D eigenvalue weighted by Crippen LogP contribution is -2.58. The molecule has 1 atom stereocenters. The van der Waals surface area contributed by atoms with Crippen molar-refractivity contribution < 1.29 is 9.84 Å². The molecule has 0 aromatic heterocycles. The molecule has 162 valence electrons. The molecule has 0 aliphatic carbocycles. The van der Waals surface area contributed by atoms with Crippen LogP contribution < -0.4 is 4.74 Å². The van der Waals surface area contributed by atoms with E-state index < -0.39 is 0 Å². The Hall–Kier alpha value is -1.40. The molecule has 1 aromatic rings. The number of benzene rings is 1. The molecule has 0 bridgehead atoms. The summed E-state index contributed by atoms with van der Waals surface area (Å²) in [4.78, 5) is 7.82. The first kappa shape index (κ1) is 22.3. The fraction of sp³-hybridized carbons (Fsp3) is 0.667. The van der Waals surface area contributed by atoms with Gasteiger partial charge in [-0.05, 0) is 52.3 Å². The minimum absolute atomic E-state index is 0.275. The van der Waals surface area contributed by atoms with Gasteiger partial charge in [-0.2, -0.15) is 0 Å². The summed E-state index contributed by atoms with van der Waals surface area (Å²) in [6.45, 7) is 11.5. The number of aliphatic hydroxyl groups excluding tert-OH is 1. The maximum Gasteiger partial charge on any atom is 0.126 e. The Morgan fingerprint density at radius 3 is 2.59 bits per heavy atom. The summed E-state index contributed by atoms with van der Waals surface area (Å²) in [6, 6.07) is 9.92. The average Bonchev–Trinajstić information content (AvgIpc) is 2.74. The molecule has 1 aromatic carbocycles. The highest BCUT2D eigenvalue weighted by molar-refractivity contribution is 5.57. The molecule has 0 saturated carbocycles. The first-order valence-electron chi connectivity index (χ1n) is 11.2. The lowest BCUT2D eigenvalue weighted by Gasteiger charge is -2.48. The van der Waals surface area contributed by atoms with Gasteiger partial charge in [-0.3, -0.25) is 9.80 Å². The molecule has 29 heavy (non-hydrogen) atoms. The van der Waals surface area contributed by atoms with Crippen molar-refractivity contribution in [2.75, 3.05) is 53.0 Å². The van der Waals surface area contributed by atoms with Gasteiger partial charge in [0, 0.05) is 56.5 Å². The van der Waals surface area contributed by atoms with Crippen LogP contribution >= 0.6 is 0 Å². The Morgan fingerprint density at radius 2 is 1.90 bits per heavy atom. The highest BCUT2D eigenvalue weighted by Gasteiger charge is 2.33. The maximum absolute atomic E-state index is 9.64. The van der Waals surface area contributed by atoms with Crippen molar-refractivity contribution >= 4 is 6.08 Å². The van der Waals surface area contributed by atoms with Gasteiger partial charge >= 0.3 is 0 Å². The minimum Gasteiger partial charge on any atom is -0.496 e. The lowest BCUT2D eigenvalue weighted by molar-refractivity contribution is 0.00552. The SMILES string of the molecule is COc1ccccc1C=CCN1CCN(C2CCN(C(C)C)CC2)C(CCO)C1. The van der Waals surface area contributed by atoms with E-state index in [1.165, 1.54) is 25.9 Å². The Labute approximate surface area is 176 Å². The van der Waals surface area contributed by atoms with E-state index in [0.717, 1.165) is 43.9 Å². The second-order valence-electron chi connectivity index (χ2n) is 8.67. The summed E-state index contributed by atoms with van der Waals surface area (Å²) in [5.41, 5.74) is 1.12. The van der Waals surface area contributed by atoms with Gasteiger partial charge in [-0.1, -0.05) is 30.4 Å². The van der Waals surface area contributed by atoms with Gasteiger partial charge in [0.05, 0.1) is 7.11 Å². The summed E-state index contributed by atoms with van der Waals surface area (Å²) in [5.74, 6) is 0.916. The van der Waals surface area contributed by atoms with Crippen LogP contribution in [0.1, 0.15) is 38.7 Å². The molecule has 2 heterocycles. The van der Waals surface area contributed by atoms with Crippen molar-refractivity contribution in [2.24, 2.45) is 0 Å². The number of ether oxygens (including phenoxy) is 1. The molecular weight excluding hydrogens is 362 g/mol. The zero-order valence-corrected chi connectivity index (χ0v) is 18.5. The Bertz CT molecular complexity index is 641. The van der Waals surface area contributed by atoms with Crippen molar-refractivity contribution in [2.45, 2.75) is 51.2 Å². The number of rotatable bonds is 8. The molecule has 1 N–H and O–H groups in total. The third-order valence-corrected chi connectivity index (χ3v) is 6.57. The second-order valence-corrected chi connectivity index (χ2v) is 8.67. The van der Waals surface area contributed by atoms with Crippen LogP contribution in [0.5, 0.6) is 5.75 Å². The van der Waals surface area contributed by atoms with Crippen LogP contribution in [0, 0.1) is 0 Å². The fourth-order valence-corrected chi connectivity index (χ4v) is 4.85. The molecule has 2 aliphatic heterocycles. The molecule has 5 nitrogen and oxygen atoms in total. The summed E-state index contributed by atoms with van der Waals surface area (Å²) in [5, 5.41) is 9.64. The Kier molecular flexibility index (Phi) is 8.54. The molecule has 3 rings (SSSR count). The summed E-state index contributed by atoms with van der Waals surface area (Å²) >= 11 is 0. The molecule has 2 saturated heterocycles. The van der Waals surface area contributed by atoms with Crippen LogP contribution in [-0.2, 0) is 0 Å². The first-order valence-corrected chi connectivity index (χ1v) is 11.2. The third kappa shape index (κ3) is 6.05. The summed E-state index contributed by atoms with van der Waals surface area (Å²) < 4.78 is 5.44. The fourth-order valence-electron chi connectivity index (χ4n) is 4.85. The van der Waals surface area contributed by atoms with Crippen LogP contribution in [0.3, 0.4) is 0 Å². The van der Waals surface area contributed by atoms with Gasteiger partial charge in [-0.15, -0.1) is 0 Å². The van der Waals surface area contributed by atoms with Gasteiger partial charge in [0.2, 0.25) is 0 Å². The average molecular weight is 402 g/mol. The van der Waals surface area contributed by atoms with Gasteiger partial charge in [0.15, 0.2) is 0 Å². The number of methoxy groups -OCH3 is 1. The van der Waals surface area contributed by atoms with Gasteiger partial charge in [0.25, 0.3) is 0 Å². The largest absolute Gasteiger partial charge is 0.496 e. The highest BCUT2D eigenvalue weighted by Crippen LogP contribution is 2.24. The van der Waals surface area contributed by atoms with Gasteiger partial charge in [0.1, 0.15) is 5.75 Å². The quantitative estimate of drug-likeness (QED) is 0.725. The number of para-hydroxylation sites is 1. The van der Waals surface area contributed by atoms with Crippen LogP contribution in [-0.4, -0.2) is 90.9 Å². The topological polar surface area (TPSA) is 39.2 Å². The number of likely N-dealkylation sites (tertiary alicyclic amines) is 1. The van der Waals surface area contributed by atoms with Crippen LogP contribution in [0.4, 0.5) is 0 Å². The number of hydrogen-bond donors (Lipinski definition) is 1. The third-order valence-electron chi connectivity index (χ3n) is 6.57. The zero-order chi connectivity index (χ0) is 20.6. The van der Waals surface area contributed by atoms with Crippen molar-refractivity contribution in [3.05, 3.63) is 35.9 Å². The normalized spacial score (nSPS) is 23.3. The van der Waals surface area contributed by atoms with Crippen LogP contribution in [0.2, 0.25) is 0 Å². The van der Waals surface area contributed by atoms with Gasteiger partial charge < -0.3 is 14.7 Å². The first-order chi connectivity index (χ1) is 14.1. The van der Waals surface area contributed by atoms with E-state index >= 15 is 0 Å². The highest BCUT2D eigenvalue weighted by atomic mass is 16.5. The number of piperazine rings is 1. The minimum atomic E-state index is 0.275. The molecular formula is C24H39N3O2. The van der Waals surface area contributed by atoms with Crippen molar-refractivity contribution in [3.8, 4) is 5.75 Å². The zero-order valence-electron chi connectivity index (χ0n) is 18.5. The molecule has 0 radical (unpaired) electrons. The predicted octanol–water partition coefficient (Wildman–Crippen LogP) is 2.95. The van der Waals surface area contributed by atoms with E-state index in [9.17, 15) is 5.11 Å². The molecule has 5 heteroatoms. The number of aliphatic hydroxyl groups is 1. The lowest BCUT2D eigenvalue weighted by atomic mass is 9.97. The van der Waals surface area contributed by atoms with Crippen molar-refractivity contribution in [1.29, 1.82) is 0 Å². The molecule has 2 aliphatic rings. The van der Waals surface area contributed by atoms with E-state index in [2.05, 4.69) is 46.8 Å². The van der Waals surface area contributed by atoms with Crippen LogP contribution in [0.15, 0.2) is 30.3 Å². The van der Waals surface area contributed by atoms with E-state index in [1.54, 1.807) is 7.11 Å². The number of hydrogen-bond acceptors (Lipinski definition) is 5. The van der Waals surface area contributed by atoms with E-state index in [0.29, 0.717) is 18.1 Å². The summed E-state index contributed by atoms with van der Waals surface area (Å²) in [6.07, 6.45) is 7.79. The molecule has 2 fully saturated rings. The van der Waals surface area contributed by atoms with Crippen molar-refractivity contribution in [1.82, 2.24) is 14.7 Å². The van der Waals surface area contributed by atoms with E-state index in [-0.39, 0.29) is 6.61 Å². The molecule has 0 spiro atoms. The maximum atomic E-state index is 9.64. The Morgan fingerprint density at radius 1 is 1.14 bits per heavy atom. The smallest absolute Gasteiger partial charge is 0.126 e. The monoisotopic (exact) mass is 401 g/mol. The second kappa shape index (κ2) is 11.1. The standard InChI is InChI=1S/C24H39N3O2/c1-20(2)26-14-10-22(11-15-26)27-17-16-25(19-23(27)12-18-28)13-6-8-21-7-4-5-9-24(21)29-3/h4-9,20,22-23,28H,10-19H2,1-3H3. The number of nitrogens with zero attached hydrogens (tertiary/aromatic N) is 3. The predicted molar refractivity (Wildman–Crippen MR) is 120 cm³/mol. The van der Waals surface area contributed by atoms with E-state index in [1.807, 2.05) is 18.2 Å². The molecule has 0 amide bonds.